The van der Waals surface area contributed by atoms with E-state index >= 15 is 0 Å². The molecule has 0 aliphatic carbocycles. The third-order valence-electron chi connectivity index (χ3n) is 0. The van der Waals surface area contributed by atoms with Crippen molar-refractivity contribution in [3.63, 3.8) is 0 Å². The second-order valence-corrected chi connectivity index (χ2v) is 3.21. The SMILES string of the molecule is F[Si-2](F)(F)(F)(F)F.[PbH2+2]. The van der Waals surface area contributed by atoms with Gasteiger partial charge in [0.25, 0.3) is 0 Å². The van der Waals surface area contributed by atoms with Gasteiger partial charge in [-0.3, -0.25) is 0 Å². The molecule has 0 aromatic rings. The molecule has 0 saturated carbocycles. The maximum atomic E-state index is 9.88. The van der Waals surface area contributed by atoms with Crippen LogP contribution in [0.25, 0.3) is 0 Å². The molecule has 0 aromatic heterocycles. The van der Waals surface area contributed by atoms with Crippen LogP contribution < -0.4 is 0 Å². The molecule has 0 spiro atoms. The average Bonchev–Trinajstić information content (AvgIpc) is 0.592. The molecule has 8 heteroatoms. The molecular formula is H2F6PbSi. The second-order valence-electron chi connectivity index (χ2n) is 1.07. The summed E-state index contributed by atoms with van der Waals surface area (Å²) >= 11 is 0. The number of halogens is 6. The van der Waals surface area contributed by atoms with Gasteiger partial charge in [-0.1, -0.05) is 0 Å². The first-order chi connectivity index (χ1) is 2.45. The summed E-state index contributed by atoms with van der Waals surface area (Å²) < 4.78 is 59.3. The van der Waals surface area contributed by atoms with E-state index < -0.39 is 8.63 Å². The van der Waals surface area contributed by atoms with Gasteiger partial charge in [-0.15, -0.1) is 0 Å². The zero-order chi connectivity index (χ0) is 6.41. The molecule has 0 aliphatic rings. The van der Waals surface area contributed by atoms with E-state index in [0.29, 0.717) is 0 Å². The minimum atomic E-state index is -10.8. The Morgan fingerprint density at radius 2 is 0.625 bits per heavy atom. The van der Waals surface area contributed by atoms with Crippen molar-refractivity contribution >= 4 is 35.9 Å². The summed E-state index contributed by atoms with van der Waals surface area (Å²) in [7, 11) is -10.8. The van der Waals surface area contributed by atoms with Crippen LogP contribution in [0, 0.1) is 0 Å². The predicted molar refractivity (Wildman–Crippen MR) is 20.9 cm³/mol. The predicted octanol–water partition coefficient (Wildman–Crippen LogP) is 1.22. The molecule has 0 atom stereocenters. The molecule has 0 amide bonds. The van der Waals surface area contributed by atoms with Crippen molar-refractivity contribution in [2.45, 2.75) is 0 Å². The molecule has 0 radical (unpaired) electrons. The van der Waals surface area contributed by atoms with Gasteiger partial charge in [0.15, 0.2) is 0 Å². The van der Waals surface area contributed by atoms with Crippen LogP contribution in [0.2, 0.25) is 0 Å². The van der Waals surface area contributed by atoms with Gasteiger partial charge < -0.3 is 0 Å². The first-order valence-corrected chi connectivity index (χ1v) is 3.40. The molecule has 0 aliphatic heterocycles. The molecule has 0 heterocycles. The Morgan fingerprint density at radius 1 is 0.625 bits per heavy atom. The number of rotatable bonds is 0. The molecule has 0 bridgehead atoms. The molecule has 0 unspecified atom stereocenters. The Morgan fingerprint density at radius 3 is 0.625 bits per heavy atom. The molecule has 0 rings (SSSR count). The fraction of sp³-hybridized carbons (Fsp3) is 0. The van der Waals surface area contributed by atoms with Crippen LogP contribution in [0.1, 0.15) is 0 Å². The Hall–Kier alpha value is 0.719. The van der Waals surface area contributed by atoms with E-state index in [9.17, 15) is 24.6 Å². The monoisotopic (exact) mass is 352 g/mol. The van der Waals surface area contributed by atoms with Crippen molar-refractivity contribution < 1.29 is 24.6 Å². The van der Waals surface area contributed by atoms with Gasteiger partial charge in [0.2, 0.25) is 0 Å². The molecule has 0 nitrogen and oxygen atoms in total. The van der Waals surface area contributed by atoms with Crippen molar-refractivity contribution in [2.24, 2.45) is 0 Å². The standard InChI is InChI=1S/F6Si.Pb.2H/c1-7(2,3,4,5)6;;;/q-2;+2;;. The van der Waals surface area contributed by atoms with Crippen LogP contribution in [0.5, 0.6) is 0 Å². The van der Waals surface area contributed by atoms with Crippen LogP contribution in [-0.2, 0) is 0 Å². The summed E-state index contributed by atoms with van der Waals surface area (Å²) in [6.07, 6.45) is 0. The number of hydrogen-bond donors (Lipinski definition) is 0. The zero-order valence-corrected chi connectivity index (χ0v) is 9.97. The molecular weight excluding hydrogens is 349 g/mol. The van der Waals surface area contributed by atoms with Crippen molar-refractivity contribution in [3.8, 4) is 0 Å². The Balaban J connectivity index is 0. The zero-order valence-electron chi connectivity index (χ0n) is 3.47. The average molecular weight is 351 g/mol. The minimum absolute atomic E-state index is 0. The van der Waals surface area contributed by atoms with E-state index in [-0.39, 0.29) is 27.3 Å². The van der Waals surface area contributed by atoms with Crippen molar-refractivity contribution in [1.82, 2.24) is 0 Å². The molecule has 0 aromatic carbocycles. The molecule has 0 saturated heterocycles. The summed E-state index contributed by atoms with van der Waals surface area (Å²) in [5, 5.41) is 0. The van der Waals surface area contributed by atoms with Crippen LogP contribution in [-0.4, -0.2) is 35.9 Å². The quantitative estimate of drug-likeness (QED) is 0.350. The van der Waals surface area contributed by atoms with E-state index in [4.69, 9.17) is 0 Å². The first-order valence-electron chi connectivity index (χ1n) is 1.13. The summed E-state index contributed by atoms with van der Waals surface area (Å²) in [4.78, 5) is 0. The van der Waals surface area contributed by atoms with E-state index in [1.54, 1.807) is 0 Å². The Bertz CT molecular complexity index is 67.1. The van der Waals surface area contributed by atoms with E-state index in [2.05, 4.69) is 0 Å². The van der Waals surface area contributed by atoms with Crippen LogP contribution in [0.15, 0.2) is 0 Å². The molecule has 52 valence electrons. The van der Waals surface area contributed by atoms with E-state index in [1.807, 2.05) is 0 Å². The van der Waals surface area contributed by atoms with Gasteiger partial charge in [-0.25, -0.2) is 0 Å². The fourth-order valence-corrected chi connectivity index (χ4v) is 0. The summed E-state index contributed by atoms with van der Waals surface area (Å²) in [5.74, 6) is 0. The topological polar surface area (TPSA) is 0 Å². The van der Waals surface area contributed by atoms with Crippen molar-refractivity contribution in [1.29, 1.82) is 0 Å². The third kappa shape index (κ3) is 425. The normalized spacial score (nSPS) is 20.2. The second kappa shape index (κ2) is 1.41. The molecule has 0 fully saturated rings. The van der Waals surface area contributed by atoms with E-state index in [0.717, 1.165) is 0 Å². The molecule has 0 N–H and O–H groups in total. The number of hydrogen-bond acceptors (Lipinski definition) is 0. The van der Waals surface area contributed by atoms with Crippen molar-refractivity contribution in [2.75, 3.05) is 0 Å². The third-order valence-corrected chi connectivity index (χ3v) is 0. The fourth-order valence-electron chi connectivity index (χ4n) is 0. The van der Waals surface area contributed by atoms with Gasteiger partial charge >= 0.3 is 60.6 Å². The van der Waals surface area contributed by atoms with Gasteiger partial charge in [0.05, 0.1) is 0 Å². The summed E-state index contributed by atoms with van der Waals surface area (Å²) in [6, 6.07) is 0. The van der Waals surface area contributed by atoms with Gasteiger partial charge in [0, 0.05) is 0 Å². The Labute approximate surface area is 60.9 Å². The van der Waals surface area contributed by atoms with Gasteiger partial charge in [0.1, 0.15) is 0 Å². The van der Waals surface area contributed by atoms with Crippen molar-refractivity contribution in [3.05, 3.63) is 0 Å². The summed E-state index contributed by atoms with van der Waals surface area (Å²) in [5.41, 5.74) is 0. The molecule has 8 heavy (non-hydrogen) atoms. The first kappa shape index (κ1) is 11.5. The summed E-state index contributed by atoms with van der Waals surface area (Å²) in [6.45, 7) is 0. The van der Waals surface area contributed by atoms with Crippen LogP contribution in [0.3, 0.4) is 0 Å². The van der Waals surface area contributed by atoms with E-state index in [1.165, 1.54) is 0 Å². The van der Waals surface area contributed by atoms with Crippen LogP contribution in [0.4, 0.5) is 24.6 Å². The van der Waals surface area contributed by atoms with Crippen LogP contribution >= 0.6 is 0 Å². The maximum absolute atomic E-state index is 10.8. The van der Waals surface area contributed by atoms with Gasteiger partial charge in [-0.2, -0.15) is 0 Å². The Kier molecular flexibility index (Phi) is 2.03. The van der Waals surface area contributed by atoms with Gasteiger partial charge in [-0.05, 0) is 0 Å².